The summed E-state index contributed by atoms with van der Waals surface area (Å²) < 4.78 is 11.3. The second kappa shape index (κ2) is 8.13. The molecule has 2 heterocycles. The highest BCUT2D eigenvalue weighted by molar-refractivity contribution is 7.99. The van der Waals surface area contributed by atoms with Crippen molar-refractivity contribution in [2.45, 2.75) is 25.0 Å². The predicted molar refractivity (Wildman–Crippen MR) is 98.6 cm³/mol. The topological polar surface area (TPSA) is 119 Å². The van der Waals surface area contributed by atoms with Crippen molar-refractivity contribution in [1.29, 1.82) is 0 Å². The number of thioether (sulfide) groups is 1. The number of aromatic amines is 1. The van der Waals surface area contributed by atoms with Gasteiger partial charge in [-0.1, -0.05) is 11.8 Å². The molecule has 1 aromatic carbocycles. The molecule has 0 atom stereocenters. The van der Waals surface area contributed by atoms with Crippen LogP contribution >= 0.6 is 11.8 Å². The molecule has 2 aromatic rings. The highest BCUT2D eigenvalue weighted by atomic mass is 32.2. The normalized spacial score (nSPS) is 13.1. The molecular formula is C17H20N4O4S. The fourth-order valence-electron chi connectivity index (χ4n) is 2.44. The van der Waals surface area contributed by atoms with Gasteiger partial charge in [0.05, 0.1) is 19.0 Å². The Balaban J connectivity index is 1.57. The van der Waals surface area contributed by atoms with Crippen molar-refractivity contribution in [2.24, 2.45) is 0 Å². The van der Waals surface area contributed by atoms with Gasteiger partial charge in [-0.15, -0.1) is 0 Å². The minimum atomic E-state index is -0.344. The summed E-state index contributed by atoms with van der Waals surface area (Å²) in [7, 11) is 0. The molecule has 0 saturated carbocycles. The molecule has 0 radical (unpaired) electrons. The van der Waals surface area contributed by atoms with Gasteiger partial charge in [-0.2, -0.15) is 0 Å². The Kier molecular flexibility index (Phi) is 5.67. The monoisotopic (exact) mass is 376 g/mol. The molecule has 0 bridgehead atoms. The van der Waals surface area contributed by atoms with Crippen LogP contribution in [0.3, 0.4) is 0 Å². The number of nitrogen functional groups attached to an aromatic ring is 1. The van der Waals surface area contributed by atoms with Gasteiger partial charge in [-0.05, 0) is 30.2 Å². The van der Waals surface area contributed by atoms with E-state index < -0.39 is 0 Å². The van der Waals surface area contributed by atoms with E-state index >= 15 is 0 Å². The van der Waals surface area contributed by atoms with Crippen LogP contribution in [0.25, 0.3) is 0 Å². The van der Waals surface area contributed by atoms with E-state index in [1.54, 1.807) is 0 Å². The third-order valence-corrected chi connectivity index (χ3v) is 4.64. The number of ether oxygens (including phenoxy) is 2. The SMILES string of the molecule is Cc1cc2c(cc1CNC(=O)CSc1nc(N)cc(=O)[nH]1)OCCCO2. The number of H-pyrrole nitrogens is 1. The molecular weight excluding hydrogens is 356 g/mol. The van der Waals surface area contributed by atoms with Gasteiger partial charge in [0.15, 0.2) is 16.7 Å². The average Bonchev–Trinajstić information content (AvgIpc) is 2.82. The number of aryl methyl sites for hydroxylation is 1. The number of anilines is 1. The number of nitrogens with two attached hydrogens (primary N) is 1. The largest absolute Gasteiger partial charge is 0.490 e. The van der Waals surface area contributed by atoms with Crippen LogP contribution in [0.1, 0.15) is 17.5 Å². The van der Waals surface area contributed by atoms with Gasteiger partial charge in [0.2, 0.25) is 5.91 Å². The van der Waals surface area contributed by atoms with Gasteiger partial charge in [-0.3, -0.25) is 9.59 Å². The predicted octanol–water partition coefficient (Wildman–Crippen LogP) is 1.23. The maximum Gasteiger partial charge on any atom is 0.253 e. The summed E-state index contributed by atoms with van der Waals surface area (Å²) in [6.07, 6.45) is 0.844. The average molecular weight is 376 g/mol. The number of nitrogens with zero attached hydrogens (tertiary/aromatic N) is 1. The molecule has 0 aliphatic carbocycles. The third-order valence-electron chi connectivity index (χ3n) is 3.76. The molecule has 9 heteroatoms. The smallest absolute Gasteiger partial charge is 0.253 e. The number of carbonyl (C=O) groups excluding carboxylic acids is 1. The summed E-state index contributed by atoms with van der Waals surface area (Å²) in [5.41, 5.74) is 7.15. The molecule has 4 N–H and O–H groups in total. The van der Waals surface area contributed by atoms with Crippen molar-refractivity contribution in [1.82, 2.24) is 15.3 Å². The summed E-state index contributed by atoms with van der Waals surface area (Å²) >= 11 is 1.12. The van der Waals surface area contributed by atoms with E-state index in [9.17, 15) is 9.59 Å². The zero-order chi connectivity index (χ0) is 18.5. The summed E-state index contributed by atoms with van der Waals surface area (Å²) in [5.74, 6) is 1.51. The van der Waals surface area contributed by atoms with Crippen LogP contribution < -0.4 is 26.1 Å². The zero-order valence-electron chi connectivity index (χ0n) is 14.3. The second-order valence-corrected chi connectivity index (χ2v) is 6.78. The number of fused-ring (bicyclic) bond motifs is 1. The van der Waals surface area contributed by atoms with Crippen LogP contribution in [0.4, 0.5) is 5.82 Å². The van der Waals surface area contributed by atoms with Crippen molar-refractivity contribution < 1.29 is 14.3 Å². The lowest BCUT2D eigenvalue weighted by Crippen LogP contribution is -2.25. The minimum Gasteiger partial charge on any atom is -0.490 e. The molecule has 0 unspecified atom stereocenters. The number of aromatic nitrogens is 2. The lowest BCUT2D eigenvalue weighted by molar-refractivity contribution is -0.118. The molecule has 1 aliphatic rings. The first-order valence-corrected chi connectivity index (χ1v) is 9.15. The van der Waals surface area contributed by atoms with E-state index in [-0.39, 0.29) is 23.0 Å². The molecule has 26 heavy (non-hydrogen) atoms. The van der Waals surface area contributed by atoms with Gasteiger partial charge >= 0.3 is 0 Å². The van der Waals surface area contributed by atoms with Crippen LogP contribution in [0.15, 0.2) is 28.2 Å². The number of rotatable bonds is 5. The van der Waals surface area contributed by atoms with Gasteiger partial charge in [0.25, 0.3) is 5.56 Å². The van der Waals surface area contributed by atoms with E-state index in [0.29, 0.717) is 30.7 Å². The molecule has 3 rings (SSSR count). The van der Waals surface area contributed by atoms with E-state index in [2.05, 4.69) is 15.3 Å². The van der Waals surface area contributed by atoms with E-state index in [4.69, 9.17) is 15.2 Å². The number of hydrogen-bond donors (Lipinski definition) is 3. The molecule has 0 saturated heterocycles. The maximum absolute atomic E-state index is 12.1. The molecule has 138 valence electrons. The number of nitrogens with one attached hydrogen (secondary N) is 2. The highest BCUT2D eigenvalue weighted by Crippen LogP contribution is 2.32. The first kappa shape index (κ1) is 18.1. The Hall–Kier alpha value is -2.68. The quantitative estimate of drug-likeness (QED) is 0.530. The van der Waals surface area contributed by atoms with Crippen LogP contribution in [-0.4, -0.2) is 34.8 Å². The van der Waals surface area contributed by atoms with Gasteiger partial charge in [-0.25, -0.2) is 4.98 Å². The Labute approximate surface area is 154 Å². The number of hydrogen-bond acceptors (Lipinski definition) is 7. The van der Waals surface area contributed by atoms with Crippen molar-refractivity contribution in [2.75, 3.05) is 24.7 Å². The Morgan fingerprint density at radius 3 is 2.77 bits per heavy atom. The minimum absolute atomic E-state index is 0.121. The first-order valence-electron chi connectivity index (χ1n) is 8.17. The summed E-state index contributed by atoms with van der Waals surface area (Å²) in [5, 5.41) is 3.17. The van der Waals surface area contributed by atoms with Crippen molar-refractivity contribution in [3.05, 3.63) is 39.7 Å². The van der Waals surface area contributed by atoms with Gasteiger partial charge < -0.3 is 25.5 Å². The van der Waals surface area contributed by atoms with Gasteiger partial charge in [0, 0.05) is 19.0 Å². The third kappa shape index (κ3) is 4.69. The lowest BCUT2D eigenvalue weighted by Gasteiger charge is -2.13. The van der Waals surface area contributed by atoms with Gasteiger partial charge in [0.1, 0.15) is 5.82 Å². The molecule has 1 aliphatic heterocycles. The van der Waals surface area contributed by atoms with E-state index in [1.807, 2.05) is 19.1 Å². The van der Waals surface area contributed by atoms with Crippen molar-refractivity contribution in [3.8, 4) is 11.5 Å². The molecule has 0 spiro atoms. The highest BCUT2D eigenvalue weighted by Gasteiger charge is 2.14. The molecule has 1 aromatic heterocycles. The van der Waals surface area contributed by atoms with Crippen LogP contribution in [-0.2, 0) is 11.3 Å². The van der Waals surface area contributed by atoms with E-state index in [1.165, 1.54) is 6.07 Å². The summed E-state index contributed by atoms with van der Waals surface area (Å²) in [6, 6.07) is 5.02. The lowest BCUT2D eigenvalue weighted by atomic mass is 10.1. The number of benzene rings is 1. The second-order valence-electron chi connectivity index (χ2n) is 5.82. The fraction of sp³-hybridized carbons (Fsp3) is 0.353. The molecule has 1 amide bonds. The Bertz CT molecular complexity index is 868. The van der Waals surface area contributed by atoms with Crippen molar-refractivity contribution >= 4 is 23.5 Å². The van der Waals surface area contributed by atoms with Crippen LogP contribution in [0.5, 0.6) is 11.5 Å². The fourth-order valence-corrected chi connectivity index (χ4v) is 3.16. The molecule has 0 fully saturated rings. The zero-order valence-corrected chi connectivity index (χ0v) is 15.1. The first-order chi connectivity index (χ1) is 12.5. The summed E-state index contributed by atoms with van der Waals surface area (Å²) in [6.45, 7) is 3.60. The van der Waals surface area contributed by atoms with E-state index in [0.717, 1.165) is 35.1 Å². The van der Waals surface area contributed by atoms with Crippen LogP contribution in [0.2, 0.25) is 0 Å². The summed E-state index contributed by atoms with van der Waals surface area (Å²) in [4.78, 5) is 29.9. The molecule has 8 nitrogen and oxygen atoms in total. The standard InChI is InChI=1S/C17H20N4O4S/c1-10-5-12-13(25-4-2-3-24-12)6-11(10)8-19-16(23)9-26-17-20-14(18)7-15(22)21-17/h5-7H,2-4,8-9H2,1H3,(H,19,23)(H3,18,20,21,22). The van der Waals surface area contributed by atoms with Crippen LogP contribution in [0, 0.1) is 6.92 Å². The Morgan fingerprint density at radius 1 is 1.31 bits per heavy atom. The number of carbonyl (C=O) groups is 1. The Morgan fingerprint density at radius 2 is 2.04 bits per heavy atom. The number of amides is 1. The van der Waals surface area contributed by atoms with Crippen molar-refractivity contribution in [3.63, 3.8) is 0 Å². The maximum atomic E-state index is 12.1.